The van der Waals surface area contributed by atoms with Crippen LogP contribution in [0.5, 0.6) is 0 Å². The van der Waals surface area contributed by atoms with Gasteiger partial charge in [-0.1, -0.05) is 0 Å². The minimum Gasteiger partial charge on any atom is -0.379 e. The first-order chi connectivity index (χ1) is 9.25. The van der Waals surface area contributed by atoms with Crippen LogP contribution in [-0.2, 0) is 4.74 Å². The highest BCUT2D eigenvalue weighted by atomic mass is 16.5. The molecule has 0 aliphatic carbocycles. The number of piperidine rings is 1. The van der Waals surface area contributed by atoms with Crippen molar-refractivity contribution in [3.05, 3.63) is 0 Å². The summed E-state index contributed by atoms with van der Waals surface area (Å²) in [6.07, 6.45) is 2.74. The fourth-order valence-electron chi connectivity index (χ4n) is 3.07. The average molecular weight is 269 g/mol. The highest BCUT2D eigenvalue weighted by Crippen LogP contribution is 2.13. The lowest BCUT2D eigenvalue weighted by atomic mass is 9.98. The SMILES string of the molecule is CC(C)N(CCN1CCOCC1)CC1CCCNC1. The van der Waals surface area contributed by atoms with Crippen molar-refractivity contribution >= 4 is 0 Å². The first-order valence-corrected chi connectivity index (χ1v) is 8.00. The van der Waals surface area contributed by atoms with Gasteiger partial charge in [-0.25, -0.2) is 0 Å². The summed E-state index contributed by atoms with van der Waals surface area (Å²) >= 11 is 0. The molecule has 112 valence electrons. The number of hydrogen-bond acceptors (Lipinski definition) is 4. The van der Waals surface area contributed by atoms with E-state index in [2.05, 4.69) is 29.0 Å². The molecule has 1 unspecified atom stereocenters. The Labute approximate surface area is 118 Å². The molecule has 0 spiro atoms. The molecule has 2 rings (SSSR count). The third-order valence-corrected chi connectivity index (χ3v) is 4.43. The van der Waals surface area contributed by atoms with E-state index in [4.69, 9.17) is 4.74 Å². The van der Waals surface area contributed by atoms with E-state index < -0.39 is 0 Å². The second-order valence-electron chi connectivity index (χ2n) is 6.26. The lowest BCUT2D eigenvalue weighted by molar-refractivity contribution is 0.0302. The van der Waals surface area contributed by atoms with E-state index in [1.165, 1.54) is 45.6 Å². The molecule has 0 radical (unpaired) electrons. The average Bonchev–Trinajstić information content (AvgIpc) is 2.45. The minimum absolute atomic E-state index is 0.656. The molecule has 0 bridgehead atoms. The lowest BCUT2D eigenvalue weighted by Gasteiger charge is -2.35. The van der Waals surface area contributed by atoms with Gasteiger partial charge in [0.1, 0.15) is 0 Å². The van der Waals surface area contributed by atoms with Crippen molar-refractivity contribution in [2.24, 2.45) is 5.92 Å². The molecule has 2 aliphatic heterocycles. The van der Waals surface area contributed by atoms with Crippen LogP contribution in [0, 0.1) is 5.92 Å². The monoisotopic (exact) mass is 269 g/mol. The van der Waals surface area contributed by atoms with Crippen LogP contribution >= 0.6 is 0 Å². The van der Waals surface area contributed by atoms with Crippen LogP contribution in [0.2, 0.25) is 0 Å². The Balaban J connectivity index is 1.71. The van der Waals surface area contributed by atoms with Crippen LogP contribution in [-0.4, -0.2) is 74.9 Å². The summed E-state index contributed by atoms with van der Waals surface area (Å²) in [5.41, 5.74) is 0. The van der Waals surface area contributed by atoms with Gasteiger partial charge in [-0.15, -0.1) is 0 Å². The van der Waals surface area contributed by atoms with Gasteiger partial charge >= 0.3 is 0 Å². The summed E-state index contributed by atoms with van der Waals surface area (Å²) < 4.78 is 5.41. The molecule has 19 heavy (non-hydrogen) atoms. The maximum Gasteiger partial charge on any atom is 0.0594 e. The van der Waals surface area contributed by atoms with Crippen molar-refractivity contribution in [2.75, 3.05) is 59.0 Å². The summed E-state index contributed by atoms with van der Waals surface area (Å²) in [4.78, 5) is 5.20. The molecule has 1 N–H and O–H groups in total. The Morgan fingerprint density at radius 3 is 2.74 bits per heavy atom. The van der Waals surface area contributed by atoms with Gasteiger partial charge in [-0.05, 0) is 45.7 Å². The molecule has 0 aromatic rings. The van der Waals surface area contributed by atoms with Crippen LogP contribution in [0.4, 0.5) is 0 Å². The van der Waals surface area contributed by atoms with E-state index in [9.17, 15) is 0 Å². The second kappa shape index (κ2) is 8.20. The third-order valence-electron chi connectivity index (χ3n) is 4.43. The Morgan fingerprint density at radius 2 is 2.11 bits per heavy atom. The van der Waals surface area contributed by atoms with E-state index in [0.717, 1.165) is 32.2 Å². The summed E-state index contributed by atoms with van der Waals surface area (Å²) in [5.74, 6) is 0.848. The van der Waals surface area contributed by atoms with Crippen LogP contribution in [0.1, 0.15) is 26.7 Å². The first kappa shape index (κ1) is 15.2. The summed E-state index contributed by atoms with van der Waals surface area (Å²) in [7, 11) is 0. The number of hydrogen-bond donors (Lipinski definition) is 1. The van der Waals surface area contributed by atoms with E-state index >= 15 is 0 Å². The molecular weight excluding hydrogens is 238 g/mol. The predicted molar refractivity (Wildman–Crippen MR) is 79.6 cm³/mol. The van der Waals surface area contributed by atoms with Crippen molar-refractivity contribution in [3.63, 3.8) is 0 Å². The van der Waals surface area contributed by atoms with Crippen LogP contribution < -0.4 is 5.32 Å². The van der Waals surface area contributed by atoms with Gasteiger partial charge in [0.05, 0.1) is 13.2 Å². The lowest BCUT2D eigenvalue weighted by Crippen LogP contribution is -2.46. The van der Waals surface area contributed by atoms with Crippen LogP contribution in [0.15, 0.2) is 0 Å². The predicted octanol–water partition coefficient (Wildman–Crippen LogP) is 1.03. The Hall–Kier alpha value is -0.160. The molecule has 4 heteroatoms. The molecule has 2 heterocycles. The molecule has 2 fully saturated rings. The topological polar surface area (TPSA) is 27.7 Å². The van der Waals surface area contributed by atoms with Crippen LogP contribution in [0.3, 0.4) is 0 Å². The Bertz CT molecular complexity index is 236. The number of ether oxygens (including phenoxy) is 1. The zero-order valence-electron chi connectivity index (χ0n) is 12.7. The normalized spacial score (nSPS) is 26.2. The molecule has 0 amide bonds. The van der Waals surface area contributed by atoms with E-state index in [0.29, 0.717) is 6.04 Å². The second-order valence-corrected chi connectivity index (χ2v) is 6.26. The summed E-state index contributed by atoms with van der Waals surface area (Å²) in [6.45, 7) is 14.8. The van der Waals surface area contributed by atoms with Gasteiger partial charge in [-0.2, -0.15) is 0 Å². The van der Waals surface area contributed by atoms with Gasteiger partial charge < -0.3 is 10.1 Å². The zero-order valence-corrected chi connectivity index (χ0v) is 12.7. The van der Waals surface area contributed by atoms with Crippen molar-refractivity contribution in [3.8, 4) is 0 Å². The molecular formula is C15H31N3O. The van der Waals surface area contributed by atoms with E-state index in [1.54, 1.807) is 0 Å². The summed E-state index contributed by atoms with van der Waals surface area (Å²) in [5, 5.41) is 3.53. The molecule has 1 atom stereocenters. The fourth-order valence-corrected chi connectivity index (χ4v) is 3.07. The Morgan fingerprint density at radius 1 is 1.32 bits per heavy atom. The van der Waals surface area contributed by atoms with Gasteiger partial charge in [0.15, 0.2) is 0 Å². The van der Waals surface area contributed by atoms with E-state index in [1.807, 2.05) is 0 Å². The molecule has 0 aromatic heterocycles. The van der Waals surface area contributed by atoms with Gasteiger partial charge in [0.2, 0.25) is 0 Å². The van der Waals surface area contributed by atoms with Crippen molar-refractivity contribution < 1.29 is 4.74 Å². The largest absolute Gasteiger partial charge is 0.379 e. The van der Waals surface area contributed by atoms with Crippen LogP contribution in [0.25, 0.3) is 0 Å². The van der Waals surface area contributed by atoms with Gasteiger partial charge in [-0.3, -0.25) is 9.80 Å². The number of nitrogens with one attached hydrogen (secondary N) is 1. The number of nitrogens with zero attached hydrogens (tertiary/aromatic N) is 2. The minimum atomic E-state index is 0.656. The number of rotatable bonds is 6. The smallest absolute Gasteiger partial charge is 0.0594 e. The van der Waals surface area contributed by atoms with E-state index in [-0.39, 0.29) is 0 Å². The first-order valence-electron chi connectivity index (χ1n) is 8.00. The third kappa shape index (κ3) is 5.38. The van der Waals surface area contributed by atoms with Crippen molar-refractivity contribution in [1.29, 1.82) is 0 Å². The maximum absolute atomic E-state index is 5.41. The Kier molecular flexibility index (Phi) is 6.57. The highest BCUT2D eigenvalue weighted by Gasteiger charge is 2.19. The maximum atomic E-state index is 5.41. The van der Waals surface area contributed by atoms with Gasteiger partial charge in [0.25, 0.3) is 0 Å². The zero-order chi connectivity index (χ0) is 13.5. The molecule has 2 aliphatic rings. The fraction of sp³-hybridized carbons (Fsp3) is 1.00. The highest BCUT2D eigenvalue weighted by molar-refractivity contribution is 4.76. The standard InChI is InChI=1S/C15H31N3O/c1-14(2)18(13-15-4-3-5-16-12-15)7-6-17-8-10-19-11-9-17/h14-16H,3-13H2,1-2H3. The molecule has 0 aromatic carbocycles. The molecule has 4 nitrogen and oxygen atoms in total. The van der Waals surface area contributed by atoms with Crippen molar-refractivity contribution in [1.82, 2.24) is 15.1 Å². The molecule has 2 saturated heterocycles. The quantitative estimate of drug-likeness (QED) is 0.779. The molecule has 0 saturated carbocycles. The number of morpholine rings is 1. The van der Waals surface area contributed by atoms with Gasteiger partial charge in [0, 0.05) is 38.8 Å². The summed E-state index contributed by atoms with van der Waals surface area (Å²) in [6, 6.07) is 0.656. The van der Waals surface area contributed by atoms with Crippen molar-refractivity contribution in [2.45, 2.75) is 32.7 Å².